The van der Waals surface area contributed by atoms with Crippen molar-refractivity contribution in [3.05, 3.63) is 28.1 Å². The molecule has 2 aromatic rings. The second kappa shape index (κ2) is 9.25. The highest BCUT2D eigenvalue weighted by Gasteiger charge is 2.30. The van der Waals surface area contributed by atoms with Crippen molar-refractivity contribution < 1.29 is 19.1 Å². The number of nitrogens with zero attached hydrogens (tertiary/aromatic N) is 3. The summed E-state index contributed by atoms with van der Waals surface area (Å²) in [5.41, 5.74) is -0.116. The van der Waals surface area contributed by atoms with E-state index in [9.17, 15) is 19.5 Å². The Kier molecular flexibility index (Phi) is 7.20. The van der Waals surface area contributed by atoms with Gasteiger partial charge in [-0.05, 0) is 58.5 Å². The largest absolute Gasteiger partial charge is 0.465 e. The zero-order valence-electron chi connectivity index (χ0n) is 18.4. The van der Waals surface area contributed by atoms with Gasteiger partial charge in [0.25, 0.3) is 6.01 Å². The summed E-state index contributed by atoms with van der Waals surface area (Å²) in [6.45, 7) is 12.8. The van der Waals surface area contributed by atoms with Crippen molar-refractivity contribution in [3.8, 4) is 0 Å². The minimum atomic E-state index is -1.12. The van der Waals surface area contributed by atoms with Gasteiger partial charge in [-0.3, -0.25) is 14.6 Å². The molecule has 0 bridgehead atoms. The van der Waals surface area contributed by atoms with Gasteiger partial charge < -0.3 is 14.8 Å². The van der Waals surface area contributed by atoms with E-state index in [4.69, 9.17) is 4.42 Å². The van der Waals surface area contributed by atoms with E-state index >= 15 is 0 Å². The summed E-state index contributed by atoms with van der Waals surface area (Å²) in [6, 6.07) is 3.16. The van der Waals surface area contributed by atoms with Crippen molar-refractivity contribution >= 4 is 34.5 Å². The number of rotatable bonds is 8. The first-order valence-electron chi connectivity index (χ1n) is 9.95. The molecule has 0 aliphatic rings. The number of hydrogen-bond donors (Lipinski definition) is 2. The Morgan fingerprint density at radius 1 is 1.20 bits per heavy atom. The van der Waals surface area contributed by atoms with Crippen molar-refractivity contribution in [3.63, 3.8) is 0 Å². The average Bonchev–Trinajstić information content (AvgIpc) is 2.64. The molecular formula is C21H30N4O5. The number of nitrogens with one attached hydrogen (secondary N) is 1. The summed E-state index contributed by atoms with van der Waals surface area (Å²) in [5, 5.41) is 12.6. The number of anilines is 2. The van der Waals surface area contributed by atoms with Crippen LogP contribution in [0.25, 0.3) is 10.9 Å². The minimum absolute atomic E-state index is 0.00811. The Bertz CT molecular complexity index is 989. The molecule has 0 aliphatic heterocycles. The molecule has 1 aromatic heterocycles. The number of carboxylic acid groups (broad SMARTS) is 1. The van der Waals surface area contributed by atoms with E-state index in [0.717, 1.165) is 13.1 Å². The van der Waals surface area contributed by atoms with E-state index in [-0.39, 0.29) is 23.7 Å². The number of benzene rings is 1. The molecule has 9 heteroatoms. The molecule has 1 aromatic carbocycles. The lowest BCUT2D eigenvalue weighted by atomic mass is 10.0. The van der Waals surface area contributed by atoms with Gasteiger partial charge in [0.1, 0.15) is 0 Å². The molecule has 164 valence electrons. The SMILES string of the molecule is CCN(CC)CC(=O)CNc1nc2ccc(N(C(=O)O)C(C)(C)C)c(C)c2c(=O)o1. The van der Waals surface area contributed by atoms with Crippen LogP contribution in [0.15, 0.2) is 21.3 Å². The van der Waals surface area contributed by atoms with Crippen LogP contribution >= 0.6 is 0 Å². The third kappa shape index (κ3) is 5.15. The van der Waals surface area contributed by atoms with Gasteiger partial charge >= 0.3 is 11.7 Å². The maximum atomic E-state index is 12.6. The Morgan fingerprint density at radius 2 is 1.83 bits per heavy atom. The van der Waals surface area contributed by atoms with Crippen molar-refractivity contribution in [2.45, 2.75) is 47.1 Å². The topological polar surface area (TPSA) is 116 Å². The predicted octanol–water partition coefficient (Wildman–Crippen LogP) is 3.10. The Hall–Kier alpha value is -2.94. The molecule has 0 spiro atoms. The zero-order chi connectivity index (χ0) is 22.6. The second-order valence-corrected chi connectivity index (χ2v) is 8.05. The third-order valence-electron chi connectivity index (χ3n) is 4.86. The van der Waals surface area contributed by atoms with Crippen molar-refractivity contribution in [2.75, 3.05) is 36.4 Å². The van der Waals surface area contributed by atoms with E-state index in [0.29, 0.717) is 23.3 Å². The predicted molar refractivity (Wildman–Crippen MR) is 117 cm³/mol. The number of fused-ring (bicyclic) bond motifs is 1. The van der Waals surface area contributed by atoms with Crippen molar-refractivity contribution in [1.82, 2.24) is 9.88 Å². The van der Waals surface area contributed by atoms with Crippen molar-refractivity contribution in [2.24, 2.45) is 0 Å². The number of hydrogen-bond acceptors (Lipinski definition) is 7. The molecule has 0 saturated heterocycles. The standard InChI is InChI=1S/C21H30N4O5/c1-7-24(8-2)12-14(26)11-22-19-23-15-9-10-16(13(3)17(15)18(27)30-19)25(20(28)29)21(4,5)6/h9-10H,7-8,11-12H2,1-6H3,(H,22,23)(H,28,29). The van der Waals surface area contributed by atoms with E-state index in [1.54, 1.807) is 39.8 Å². The molecule has 0 atom stereocenters. The maximum absolute atomic E-state index is 12.6. The Morgan fingerprint density at radius 3 is 2.37 bits per heavy atom. The van der Waals surface area contributed by atoms with Crippen LogP contribution in [0.5, 0.6) is 0 Å². The Labute approximate surface area is 175 Å². The first-order chi connectivity index (χ1) is 14.0. The van der Waals surface area contributed by atoms with E-state index in [2.05, 4.69) is 10.3 Å². The number of aryl methyl sites for hydroxylation is 1. The molecule has 1 heterocycles. The van der Waals surface area contributed by atoms with Gasteiger partial charge in [-0.1, -0.05) is 13.8 Å². The van der Waals surface area contributed by atoms with Crippen molar-refractivity contribution in [1.29, 1.82) is 0 Å². The summed E-state index contributed by atoms with van der Waals surface area (Å²) in [4.78, 5) is 44.0. The molecule has 0 saturated carbocycles. The summed E-state index contributed by atoms with van der Waals surface area (Å²) in [5.74, 6) is -0.0444. The lowest BCUT2D eigenvalue weighted by molar-refractivity contribution is -0.118. The van der Waals surface area contributed by atoms with Gasteiger partial charge in [-0.25, -0.2) is 9.59 Å². The van der Waals surface area contributed by atoms with Gasteiger partial charge in [-0.15, -0.1) is 0 Å². The minimum Gasteiger partial charge on any atom is -0.465 e. The van der Waals surface area contributed by atoms with Crippen LogP contribution in [0.4, 0.5) is 16.5 Å². The monoisotopic (exact) mass is 418 g/mol. The van der Waals surface area contributed by atoms with Gasteiger partial charge in [-0.2, -0.15) is 4.98 Å². The fourth-order valence-electron chi connectivity index (χ4n) is 3.30. The highest BCUT2D eigenvalue weighted by atomic mass is 16.4. The maximum Gasteiger partial charge on any atom is 0.412 e. The molecular weight excluding hydrogens is 388 g/mol. The van der Waals surface area contributed by atoms with Crippen LogP contribution in [0.1, 0.15) is 40.2 Å². The number of likely N-dealkylation sites (N-methyl/N-ethyl adjacent to an activating group) is 1. The van der Waals surface area contributed by atoms with E-state index in [1.807, 2.05) is 18.7 Å². The fourth-order valence-corrected chi connectivity index (χ4v) is 3.30. The first kappa shape index (κ1) is 23.3. The third-order valence-corrected chi connectivity index (χ3v) is 4.86. The summed E-state index contributed by atoms with van der Waals surface area (Å²) >= 11 is 0. The van der Waals surface area contributed by atoms with Gasteiger partial charge in [0, 0.05) is 5.54 Å². The highest BCUT2D eigenvalue weighted by molar-refractivity contribution is 5.94. The smallest absolute Gasteiger partial charge is 0.412 e. The van der Waals surface area contributed by atoms with Crippen LogP contribution in [-0.2, 0) is 4.79 Å². The van der Waals surface area contributed by atoms with E-state index in [1.165, 1.54) is 4.90 Å². The Balaban J connectivity index is 2.34. The number of carbonyl (C=O) groups excluding carboxylic acids is 1. The van der Waals surface area contributed by atoms with Crippen LogP contribution in [0.2, 0.25) is 0 Å². The number of Topliss-reactive ketones (excluding diaryl/α,β-unsaturated/α-hetero) is 1. The van der Waals surface area contributed by atoms with E-state index < -0.39 is 17.3 Å². The van der Waals surface area contributed by atoms with Gasteiger partial charge in [0.15, 0.2) is 5.78 Å². The van der Waals surface area contributed by atoms with Gasteiger partial charge in [0.05, 0.1) is 29.7 Å². The van der Waals surface area contributed by atoms with Crippen LogP contribution in [0, 0.1) is 6.92 Å². The first-order valence-corrected chi connectivity index (χ1v) is 9.95. The van der Waals surface area contributed by atoms with Crippen LogP contribution in [0.3, 0.4) is 0 Å². The zero-order valence-corrected chi connectivity index (χ0v) is 18.4. The van der Waals surface area contributed by atoms with Crippen LogP contribution in [-0.4, -0.2) is 58.6 Å². The number of ketones is 1. The molecule has 30 heavy (non-hydrogen) atoms. The normalized spacial score (nSPS) is 11.7. The lowest BCUT2D eigenvalue weighted by Gasteiger charge is -2.34. The molecule has 0 aliphatic carbocycles. The number of aromatic nitrogens is 1. The number of carbonyl (C=O) groups is 2. The quantitative estimate of drug-likeness (QED) is 0.672. The fraction of sp³-hybridized carbons (Fsp3) is 0.524. The summed E-state index contributed by atoms with van der Waals surface area (Å²) in [7, 11) is 0. The molecule has 9 nitrogen and oxygen atoms in total. The lowest BCUT2D eigenvalue weighted by Crippen LogP contribution is -2.45. The van der Waals surface area contributed by atoms with Gasteiger partial charge in [0.2, 0.25) is 0 Å². The molecule has 0 unspecified atom stereocenters. The summed E-state index contributed by atoms with van der Waals surface area (Å²) in [6.07, 6.45) is -1.12. The molecule has 2 N–H and O–H groups in total. The number of amides is 1. The summed E-state index contributed by atoms with van der Waals surface area (Å²) < 4.78 is 5.25. The molecule has 1 amide bonds. The highest BCUT2D eigenvalue weighted by Crippen LogP contribution is 2.31. The second-order valence-electron chi connectivity index (χ2n) is 8.05. The van der Waals surface area contributed by atoms with Crippen LogP contribution < -0.4 is 15.8 Å². The molecule has 2 rings (SSSR count). The average molecular weight is 418 g/mol. The molecule has 0 radical (unpaired) electrons. The molecule has 0 fully saturated rings.